The zero-order valence-corrected chi connectivity index (χ0v) is 34.3. The van der Waals surface area contributed by atoms with Crippen LogP contribution < -0.4 is 15.3 Å². The molecule has 0 N–H and O–H groups in total. The molecule has 28 heteroatoms. The van der Waals surface area contributed by atoms with Gasteiger partial charge in [0.25, 0.3) is 0 Å². The third-order valence-corrected chi connectivity index (χ3v) is 6.18. The maximum absolute atomic E-state index is 12.8. The molecule has 0 bridgehead atoms. The van der Waals surface area contributed by atoms with Crippen molar-refractivity contribution < 1.29 is 158 Å². The second-order valence-corrected chi connectivity index (χ2v) is 14.3. The summed E-state index contributed by atoms with van der Waals surface area (Å²) in [5.74, 6) is -50.2. The monoisotopic (exact) mass is 1020 g/mol. The summed E-state index contributed by atoms with van der Waals surface area (Å²) in [6.07, 6.45) is -21.1. The van der Waals surface area contributed by atoms with Crippen molar-refractivity contribution >= 4 is 17.3 Å². The van der Waals surface area contributed by atoms with Crippen LogP contribution in [0.2, 0.25) is 0 Å². The Morgan fingerprint density at radius 3 is 0.534 bits per heavy atom. The van der Waals surface area contributed by atoms with Crippen molar-refractivity contribution in [2.75, 3.05) is 0 Å². The van der Waals surface area contributed by atoms with Crippen LogP contribution in [0.25, 0.3) is 0 Å². The average molecular weight is 1020 g/mol. The van der Waals surface area contributed by atoms with E-state index in [9.17, 15) is 122 Å². The summed E-state index contributed by atoms with van der Waals surface area (Å²) in [6.45, 7) is 10.6. The van der Waals surface area contributed by atoms with Gasteiger partial charge in [-0.15, -0.1) is 17.3 Å². The van der Waals surface area contributed by atoms with Gasteiger partial charge >= 0.3 is 89.7 Å². The van der Waals surface area contributed by atoms with Crippen LogP contribution in [0.15, 0.2) is 35.5 Å². The van der Waals surface area contributed by atoms with E-state index in [0.29, 0.717) is 0 Å². The molecule has 0 fully saturated rings. The Labute approximate surface area is 342 Å². The quantitative estimate of drug-likeness (QED) is 0.131. The van der Waals surface area contributed by atoms with Gasteiger partial charge in [0.1, 0.15) is 0 Å². The molecule has 6 nitrogen and oxygen atoms in total. The van der Waals surface area contributed by atoms with Crippen LogP contribution >= 0.6 is 0 Å². The minimum Gasteiger partial charge on any atom is -0.875 e. The van der Waals surface area contributed by atoms with Crippen molar-refractivity contribution in [2.24, 2.45) is 16.2 Å². The first-order chi connectivity index (χ1) is 24.1. The number of allylic oxidation sites excluding steroid dienone is 6. The van der Waals surface area contributed by atoms with Crippen molar-refractivity contribution in [1.82, 2.24) is 0 Å². The van der Waals surface area contributed by atoms with Gasteiger partial charge < -0.3 is 15.3 Å². The number of hydrogen-bond donors (Lipinski definition) is 0. The molecule has 0 rings (SSSR count). The third kappa shape index (κ3) is 14.8. The standard InChI is InChI=1S/3C10H11F7O2.La/c3*1-7(2,3)5(18)4-6(19)8(11,12)9(13,14)10(15,16)17;/h3*4,18H,1-3H3;/q;;;+3/p-3/b3*5-4-;. The minimum atomic E-state index is -6.61. The summed E-state index contributed by atoms with van der Waals surface area (Å²) in [5, 5.41) is 33.5. The first-order valence-electron chi connectivity index (χ1n) is 14.4. The van der Waals surface area contributed by atoms with Gasteiger partial charge in [-0.1, -0.05) is 62.3 Å². The Kier molecular flexibility index (Phi) is 20.3. The summed E-state index contributed by atoms with van der Waals surface area (Å²) in [6, 6.07) is 0. The maximum Gasteiger partial charge on any atom is 3.00 e. The van der Waals surface area contributed by atoms with Crippen molar-refractivity contribution in [3.63, 3.8) is 0 Å². The van der Waals surface area contributed by atoms with Gasteiger partial charge in [0.2, 0.25) is 17.3 Å². The second kappa shape index (κ2) is 19.0. The maximum atomic E-state index is 12.8. The fourth-order valence-corrected chi connectivity index (χ4v) is 2.28. The Morgan fingerprint density at radius 1 is 0.328 bits per heavy atom. The van der Waals surface area contributed by atoms with Crippen LogP contribution in [-0.4, -0.2) is 71.4 Å². The molecule has 0 aliphatic carbocycles. The van der Waals surface area contributed by atoms with Gasteiger partial charge in [-0.3, -0.25) is 14.4 Å². The van der Waals surface area contributed by atoms with Gasteiger partial charge in [0.05, 0.1) is 0 Å². The van der Waals surface area contributed by atoms with Crippen LogP contribution in [0.4, 0.5) is 92.2 Å². The molecular weight excluding hydrogens is 994 g/mol. The smallest absolute Gasteiger partial charge is 0.875 e. The Morgan fingerprint density at radius 2 is 0.448 bits per heavy atom. The normalized spacial score (nSPS) is 15.3. The zero-order valence-electron chi connectivity index (χ0n) is 30.7. The zero-order chi connectivity index (χ0) is 47.6. The van der Waals surface area contributed by atoms with Crippen LogP contribution in [0.1, 0.15) is 62.3 Å². The molecule has 0 aromatic carbocycles. The Balaban J connectivity index is -0.000000374. The van der Waals surface area contributed by atoms with E-state index in [1.165, 1.54) is 62.3 Å². The molecule has 0 saturated carbocycles. The Bertz CT molecular complexity index is 1350. The van der Waals surface area contributed by atoms with Crippen LogP contribution in [0.5, 0.6) is 0 Å². The van der Waals surface area contributed by atoms with Crippen LogP contribution in [0.3, 0.4) is 0 Å². The van der Waals surface area contributed by atoms with E-state index in [2.05, 4.69) is 0 Å². The summed E-state index contributed by atoms with van der Waals surface area (Å²) >= 11 is 0. The van der Waals surface area contributed by atoms with Crippen molar-refractivity contribution in [3.05, 3.63) is 35.5 Å². The molecule has 0 radical (unpaired) electrons. The number of carbonyl (C=O) groups excluding carboxylic acids is 3. The molecule has 0 saturated heterocycles. The third-order valence-electron chi connectivity index (χ3n) is 6.18. The predicted molar refractivity (Wildman–Crippen MR) is 145 cm³/mol. The molecule has 0 atom stereocenters. The molecule has 0 aliphatic heterocycles. The molecule has 336 valence electrons. The fraction of sp³-hybridized carbons (Fsp3) is 0.700. The summed E-state index contributed by atoms with van der Waals surface area (Å²) in [7, 11) is 0. The van der Waals surface area contributed by atoms with E-state index in [4.69, 9.17) is 0 Å². The average Bonchev–Trinajstić information content (AvgIpc) is 2.93. The van der Waals surface area contributed by atoms with Gasteiger partial charge in [-0.25, -0.2) is 0 Å². The number of hydrogen-bond acceptors (Lipinski definition) is 6. The largest absolute Gasteiger partial charge is 3.00 e. The van der Waals surface area contributed by atoms with E-state index in [1.807, 2.05) is 0 Å². The molecule has 0 aliphatic rings. The second-order valence-electron chi connectivity index (χ2n) is 14.3. The van der Waals surface area contributed by atoms with E-state index in [0.717, 1.165) is 0 Å². The molecular formula is C30H30F21LaO6. The van der Waals surface area contributed by atoms with E-state index < -0.39 is 123 Å². The van der Waals surface area contributed by atoms with E-state index in [-0.39, 0.29) is 35.6 Å². The summed E-state index contributed by atoms with van der Waals surface area (Å²) in [5.41, 5.74) is -4.09. The molecule has 0 spiro atoms. The van der Waals surface area contributed by atoms with Crippen LogP contribution in [-0.2, 0) is 14.4 Å². The van der Waals surface area contributed by atoms with Crippen molar-refractivity contribution in [2.45, 2.75) is 116 Å². The van der Waals surface area contributed by atoms with E-state index >= 15 is 0 Å². The number of halogens is 21. The van der Waals surface area contributed by atoms with Crippen molar-refractivity contribution in [1.29, 1.82) is 0 Å². The fourth-order valence-electron chi connectivity index (χ4n) is 2.28. The van der Waals surface area contributed by atoms with Crippen molar-refractivity contribution in [3.8, 4) is 0 Å². The summed E-state index contributed by atoms with van der Waals surface area (Å²) < 4.78 is 258. The molecule has 58 heavy (non-hydrogen) atoms. The first kappa shape index (κ1) is 62.0. The van der Waals surface area contributed by atoms with Gasteiger partial charge in [-0.05, 0) is 34.5 Å². The molecule has 0 amide bonds. The molecule has 0 heterocycles. The number of carbonyl (C=O) groups is 3. The van der Waals surface area contributed by atoms with Crippen LogP contribution in [0, 0.1) is 51.8 Å². The SMILES string of the molecule is CC(C)(C)/C([O-])=C/C(=O)C(F)(F)C(F)(F)C(F)(F)F.CC(C)(C)/C([O-])=C/C(=O)C(F)(F)C(F)(F)C(F)(F)F.CC(C)(C)/C([O-])=C/C(=O)C(F)(F)C(F)(F)C(F)(F)F.[La+3]. The van der Waals surface area contributed by atoms with Gasteiger partial charge in [0, 0.05) is 0 Å². The molecule has 0 aromatic heterocycles. The summed E-state index contributed by atoms with van der Waals surface area (Å²) in [4.78, 5) is 32.4. The van der Waals surface area contributed by atoms with Gasteiger partial charge in [-0.2, -0.15) is 92.2 Å². The predicted octanol–water partition coefficient (Wildman–Crippen LogP) is 8.04. The first-order valence-corrected chi connectivity index (χ1v) is 14.4. The number of alkyl halides is 21. The number of ketones is 3. The topological polar surface area (TPSA) is 120 Å². The van der Waals surface area contributed by atoms with Gasteiger partial charge in [0.15, 0.2) is 0 Å². The molecule has 0 unspecified atom stereocenters. The Hall–Kier alpha value is -2.65. The minimum absolute atomic E-state index is 0. The van der Waals surface area contributed by atoms with E-state index in [1.54, 1.807) is 0 Å². The number of rotatable bonds is 9. The molecule has 0 aromatic rings.